The Bertz CT molecular complexity index is 943. The Balaban J connectivity index is 1.31. The quantitative estimate of drug-likeness (QED) is 0.621. The normalized spacial score (nSPS) is 16.4. The average molecular weight is 394 g/mol. The summed E-state index contributed by atoms with van der Waals surface area (Å²) < 4.78 is 13.0. The zero-order valence-corrected chi connectivity index (χ0v) is 15.9. The number of aromatic amines is 1. The van der Waals surface area contributed by atoms with Gasteiger partial charge in [-0.15, -0.1) is 0 Å². The molecular formula is C21H23FN6O. The van der Waals surface area contributed by atoms with Crippen molar-refractivity contribution in [3.05, 3.63) is 66.2 Å². The van der Waals surface area contributed by atoms with E-state index in [1.54, 1.807) is 24.5 Å². The lowest BCUT2D eigenvalue weighted by molar-refractivity contribution is 0.234. The zero-order valence-electron chi connectivity index (χ0n) is 15.9. The molecule has 0 radical (unpaired) electrons. The van der Waals surface area contributed by atoms with E-state index >= 15 is 0 Å². The van der Waals surface area contributed by atoms with E-state index in [0.29, 0.717) is 13.1 Å². The van der Waals surface area contributed by atoms with Crippen molar-refractivity contribution in [1.29, 1.82) is 0 Å². The molecular weight excluding hydrogens is 371 g/mol. The summed E-state index contributed by atoms with van der Waals surface area (Å²) in [4.78, 5) is 18.5. The molecule has 3 heterocycles. The minimum atomic E-state index is -0.286. The Kier molecular flexibility index (Phi) is 5.69. The number of benzene rings is 1. The summed E-state index contributed by atoms with van der Waals surface area (Å²) in [6.07, 6.45) is 5.39. The van der Waals surface area contributed by atoms with E-state index in [1.807, 2.05) is 18.2 Å². The number of halogens is 1. The second-order valence-corrected chi connectivity index (χ2v) is 7.11. The van der Waals surface area contributed by atoms with Gasteiger partial charge in [0, 0.05) is 49.7 Å². The van der Waals surface area contributed by atoms with Gasteiger partial charge in [-0.3, -0.25) is 10.1 Å². The van der Waals surface area contributed by atoms with E-state index in [4.69, 9.17) is 0 Å². The Labute approximate surface area is 168 Å². The molecule has 150 valence electrons. The molecule has 29 heavy (non-hydrogen) atoms. The third-order valence-electron chi connectivity index (χ3n) is 5.00. The van der Waals surface area contributed by atoms with Gasteiger partial charge in [-0.25, -0.2) is 9.18 Å². The predicted molar refractivity (Wildman–Crippen MR) is 109 cm³/mol. The minimum Gasteiger partial charge on any atom is -0.353 e. The number of nitrogens with zero attached hydrogens (tertiary/aromatic N) is 3. The highest BCUT2D eigenvalue weighted by molar-refractivity contribution is 5.74. The topological polar surface area (TPSA) is 85.9 Å². The number of urea groups is 1. The summed E-state index contributed by atoms with van der Waals surface area (Å²) in [6, 6.07) is 11.8. The number of piperidine rings is 1. The lowest BCUT2D eigenvalue weighted by Gasteiger charge is -2.33. The second kappa shape index (κ2) is 8.72. The third kappa shape index (κ3) is 4.90. The third-order valence-corrected chi connectivity index (χ3v) is 5.00. The number of hydrogen-bond acceptors (Lipinski definition) is 4. The maximum Gasteiger partial charge on any atom is 0.315 e. The summed E-state index contributed by atoms with van der Waals surface area (Å²) in [6.45, 7) is 1.96. The number of H-pyrrole nitrogens is 1. The Hall–Kier alpha value is -3.42. The number of aromatic nitrogens is 3. The van der Waals surface area contributed by atoms with Crippen LogP contribution in [0.1, 0.15) is 18.4 Å². The zero-order chi connectivity index (χ0) is 20.1. The molecule has 1 aliphatic heterocycles. The van der Waals surface area contributed by atoms with Crippen LogP contribution in [-0.4, -0.2) is 40.3 Å². The standard InChI is InChI=1S/C21H23FN6O/c22-17-5-3-15(4-6-17)13-24-21(29)25-18-2-1-11-28(14-18)20-12-19(26-27-20)16-7-9-23-10-8-16/h3-10,12,18H,1-2,11,13-14H2,(H,26,27)(H2,24,25,29)/t18-/m0/s1. The molecule has 7 nitrogen and oxygen atoms in total. The molecule has 0 spiro atoms. The molecule has 2 amide bonds. The van der Waals surface area contributed by atoms with Crippen LogP contribution >= 0.6 is 0 Å². The number of pyridine rings is 1. The van der Waals surface area contributed by atoms with Crippen LogP contribution in [0.15, 0.2) is 54.9 Å². The van der Waals surface area contributed by atoms with Gasteiger partial charge in [0.05, 0.1) is 5.69 Å². The molecule has 0 aliphatic carbocycles. The lowest BCUT2D eigenvalue weighted by atomic mass is 10.1. The number of nitrogens with one attached hydrogen (secondary N) is 3. The highest BCUT2D eigenvalue weighted by Gasteiger charge is 2.23. The van der Waals surface area contributed by atoms with E-state index in [-0.39, 0.29) is 17.9 Å². The molecule has 8 heteroatoms. The summed E-state index contributed by atoms with van der Waals surface area (Å²) >= 11 is 0. The first-order chi connectivity index (χ1) is 14.2. The molecule has 1 aliphatic rings. The predicted octanol–water partition coefficient (Wildman–Crippen LogP) is 3.08. The Morgan fingerprint density at radius 3 is 2.79 bits per heavy atom. The maximum absolute atomic E-state index is 13.0. The molecule has 3 N–H and O–H groups in total. The molecule has 1 atom stereocenters. The van der Waals surface area contributed by atoms with Crippen molar-refractivity contribution >= 4 is 11.8 Å². The molecule has 1 aromatic carbocycles. The van der Waals surface area contributed by atoms with Crippen molar-refractivity contribution in [3.8, 4) is 11.3 Å². The Morgan fingerprint density at radius 2 is 2.00 bits per heavy atom. The lowest BCUT2D eigenvalue weighted by Crippen LogP contribution is -2.50. The van der Waals surface area contributed by atoms with Crippen molar-refractivity contribution in [3.63, 3.8) is 0 Å². The highest BCUT2D eigenvalue weighted by atomic mass is 19.1. The highest BCUT2D eigenvalue weighted by Crippen LogP contribution is 2.23. The number of carbonyl (C=O) groups is 1. The fourth-order valence-electron chi connectivity index (χ4n) is 3.48. The number of carbonyl (C=O) groups excluding carboxylic acids is 1. The van der Waals surface area contributed by atoms with Crippen LogP contribution < -0.4 is 15.5 Å². The molecule has 0 bridgehead atoms. The van der Waals surface area contributed by atoms with Gasteiger partial charge in [-0.05, 0) is 42.7 Å². The fraction of sp³-hybridized carbons (Fsp3) is 0.286. The van der Waals surface area contributed by atoms with E-state index < -0.39 is 0 Å². The number of rotatable bonds is 5. The van der Waals surface area contributed by atoms with E-state index in [2.05, 4.69) is 30.7 Å². The van der Waals surface area contributed by atoms with Crippen LogP contribution in [0.3, 0.4) is 0 Å². The molecule has 1 saturated heterocycles. The van der Waals surface area contributed by atoms with Crippen LogP contribution in [0.2, 0.25) is 0 Å². The first-order valence-corrected chi connectivity index (χ1v) is 9.67. The summed E-state index contributed by atoms with van der Waals surface area (Å²) in [5, 5.41) is 13.4. The monoisotopic (exact) mass is 394 g/mol. The van der Waals surface area contributed by atoms with Crippen LogP contribution in [0, 0.1) is 5.82 Å². The second-order valence-electron chi connectivity index (χ2n) is 7.11. The molecule has 3 aromatic rings. The first-order valence-electron chi connectivity index (χ1n) is 9.67. The summed E-state index contributed by atoms with van der Waals surface area (Å²) in [7, 11) is 0. The van der Waals surface area contributed by atoms with Crippen LogP contribution in [0.25, 0.3) is 11.3 Å². The summed E-state index contributed by atoms with van der Waals surface area (Å²) in [5.74, 6) is 0.584. The van der Waals surface area contributed by atoms with Gasteiger partial charge in [-0.1, -0.05) is 12.1 Å². The molecule has 2 aromatic heterocycles. The van der Waals surface area contributed by atoms with Crippen molar-refractivity contribution in [2.45, 2.75) is 25.4 Å². The van der Waals surface area contributed by atoms with Crippen molar-refractivity contribution in [2.75, 3.05) is 18.0 Å². The van der Waals surface area contributed by atoms with Crippen LogP contribution in [-0.2, 0) is 6.54 Å². The van der Waals surface area contributed by atoms with Crippen molar-refractivity contribution in [1.82, 2.24) is 25.8 Å². The van der Waals surface area contributed by atoms with Gasteiger partial charge in [0.2, 0.25) is 0 Å². The van der Waals surface area contributed by atoms with Gasteiger partial charge in [-0.2, -0.15) is 5.10 Å². The maximum atomic E-state index is 13.0. The Morgan fingerprint density at radius 1 is 1.21 bits per heavy atom. The number of hydrogen-bond donors (Lipinski definition) is 3. The summed E-state index contributed by atoms with van der Waals surface area (Å²) in [5.41, 5.74) is 2.83. The molecule has 1 fully saturated rings. The van der Waals surface area contributed by atoms with Gasteiger partial charge in [0.15, 0.2) is 5.82 Å². The molecule has 0 saturated carbocycles. The van der Waals surface area contributed by atoms with E-state index in [0.717, 1.165) is 42.0 Å². The fourth-order valence-corrected chi connectivity index (χ4v) is 3.48. The van der Waals surface area contributed by atoms with Crippen molar-refractivity contribution in [2.24, 2.45) is 0 Å². The number of anilines is 1. The molecule has 0 unspecified atom stereocenters. The van der Waals surface area contributed by atoms with E-state index in [1.165, 1.54) is 12.1 Å². The average Bonchev–Trinajstić information content (AvgIpc) is 3.25. The SMILES string of the molecule is O=C(NCc1ccc(F)cc1)N[C@H]1CCCN(c2cc(-c3ccncc3)[nH]n2)C1. The van der Waals surface area contributed by atoms with Gasteiger partial charge >= 0.3 is 6.03 Å². The van der Waals surface area contributed by atoms with Gasteiger partial charge in [0.25, 0.3) is 0 Å². The van der Waals surface area contributed by atoms with Crippen LogP contribution in [0.4, 0.5) is 15.0 Å². The van der Waals surface area contributed by atoms with Gasteiger partial charge < -0.3 is 15.5 Å². The van der Waals surface area contributed by atoms with E-state index in [9.17, 15) is 9.18 Å². The smallest absolute Gasteiger partial charge is 0.315 e. The van der Waals surface area contributed by atoms with Gasteiger partial charge in [0.1, 0.15) is 5.82 Å². The molecule has 4 rings (SSSR count). The largest absolute Gasteiger partial charge is 0.353 e. The minimum absolute atomic E-state index is 0.0399. The van der Waals surface area contributed by atoms with Crippen molar-refractivity contribution < 1.29 is 9.18 Å². The van der Waals surface area contributed by atoms with Crippen LogP contribution in [0.5, 0.6) is 0 Å². The number of amides is 2. The first kappa shape index (κ1) is 18.9.